The van der Waals surface area contributed by atoms with E-state index in [9.17, 15) is 0 Å². The fourth-order valence-electron chi connectivity index (χ4n) is 3.32. The second-order valence-electron chi connectivity index (χ2n) is 6.14. The maximum atomic E-state index is 4.19. The lowest BCUT2D eigenvalue weighted by molar-refractivity contribution is 0.171. The molecule has 0 aliphatic heterocycles. The van der Waals surface area contributed by atoms with Crippen LogP contribution in [0.25, 0.3) is 0 Å². The van der Waals surface area contributed by atoms with Crippen LogP contribution in [0.2, 0.25) is 0 Å². The van der Waals surface area contributed by atoms with Gasteiger partial charge in [0.25, 0.3) is 0 Å². The monoisotopic (exact) mass is 247 g/mol. The molecule has 0 bridgehead atoms. The van der Waals surface area contributed by atoms with Gasteiger partial charge in [0, 0.05) is 31.0 Å². The highest BCUT2D eigenvalue weighted by atomic mass is 15.2. The van der Waals surface area contributed by atoms with Crippen molar-refractivity contribution in [1.29, 1.82) is 0 Å². The average Bonchev–Trinajstić information content (AvgIpc) is 2.65. The van der Waals surface area contributed by atoms with Crippen LogP contribution in [0.5, 0.6) is 0 Å². The summed E-state index contributed by atoms with van der Waals surface area (Å²) in [7, 11) is 4.31. The summed E-state index contributed by atoms with van der Waals surface area (Å²) in [6.45, 7) is 5.71. The third-order valence-corrected chi connectivity index (χ3v) is 4.34. The first-order valence-electron chi connectivity index (χ1n) is 6.81. The molecule has 1 heterocycles. The highest BCUT2D eigenvalue weighted by molar-refractivity contribution is 5.09. The number of pyridine rings is 1. The summed E-state index contributed by atoms with van der Waals surface area (Å²) in [5.74, 6) is 0. The van der Waals surface area contributed by atoms with E-state index in [0.29, 0.717) is 17.5 Å². The molecule has 1 N–H and O–H groups in total. The number of likely N-dealkylation sites (N-methyl/N-ethyl adjacent to an activating group) is 2. The van der Waals surface area contributed by atoms with E-state index in [2.05, 4.69) is 49.2 Å². The quantitative estimate of drug-likeness (QED) is 0.885. The molecule has 18 heavy (non-hydrogen) atoms. The Bertz CT molecular complexity index is 375. The summed E-state index contributed by atoms with van der Waals surface area (Å²) in [6, 6.07) is 5.35. The predicted molar refractivity (Wildman–Crippen MR) is 75.4 cm³/mol. The van der Waals surface area contributed by atoms with E-state index in [0.717, 1.165) is 6.54 Å². The average molecular weight is 247 g/mol. The molecule has 0 saturated heterocycles. The zero-order chi connectivity index (χ0) is 13.2. The number of hydrogen-bond acceptors (Lipinski definition) is 3. The van der Waals surface area contributed by atoms with Crippen molar-refractivity contribution in [3.63, 3.8) is 0 Å². The Labute approximate surface area is 111 Å². The van der Waals surface area contributed by atoms with Crippen LogP contribution >= 0.6 is 0 Å². The lowest BCUT2D eigenvalue weighted by atomic mass is 9.86. The van der Waals surface area contributed by atoms with E-state index in [1.54, 1.807) is 0 Å². The van der Waals surface area contributed by atoms with Crippen LogP contribution in [0.1, 0.15) is 32.3 Å². The lowest BCUT2D eigenvalue weighted by Crippen LogP contribution is -2.49. The smallest absolute Gasteiger partial charge is 0.0312 e. The second kappa shape index (κ2) is 5.37. The van der Waals surface area contributed by atoms with E-state index in [-0.39, 0.29) is 0 Å². The highest BCUT2D eigenvalue weighted by Crippen LogP contribution is 2.39. The molecular weight excluding hydrogens is 222 g/mol. The van der Waals surface area contributed by atoms with Gasteiger partial charge in [-0.15, -0.1) is 0 Å². The van der Waals surface area contributed by atoms with Crippen LogP contribution in [0, 0.1) is 5.41 Å². The maximum Gasteiger partial charge on any atom is 0.0312 e. The molecule has 1 aliphatic rings. The fraction of sp³-hybridized carbons (Fsp3) is 0.667. The van der Waals surface area contributed by atoms with E-state index in [1.165, 1.54) is 18.4 Å². The number of aromatic nitrogens is 1. The Balaban J connectivity index is 2.03. The molecule has 2 unspecified atom stereocenters. The lowest BCUT2D eigenvalue weighted by Gasteiger charge is -2.35. The minimum absolute atomic E-state index is 0.391. The largest absolute Gasteiger partial charge is 0.315 e. The predicted octanol–water partition coefficient (Wildman–Crippen LogP) is 2.29. The Hall–Kier alpha value is -0.930. The summed E-state index contributed by atoms with van der Waals surface area (Å²) in [5.41, 5.74) is 1.68. The fourth-order valence-corrected chi connectivity index (χ4v) is 3.32. The van der Waals surface area contributed by atoms with Crippen molar-refractivity contribution in [3.05, 3.63) is 30.1 Å². The topological polar surface area (TPSA) is 28.2 Å². The van der Waals surface area contributed by atoms with E-state index in [1.807, 2.05) is 18.5 Å². The number of rotatable bonds is 4. The molecule has 0 radical (unpaired) electrons. The van der Waals surface area contributed by atoms with Crippen LogP contribution in [0.3, 0.4) is 0 Å². The van der Waals surface area contributed by atoms with Gasteiger partial charge in [0.2, 0.25) is 0 Å². The summed E-state index contributed by atoms with van der Waals surface area (Å²) >= 11 is 0. The first-order chi connectivity index (χ1) is 8.54. The van der Waals surface area contributed by atoms with Crippen molar-refractivity contribution in [2.24, 2.45) is 5.41 Å². The molecular formula is C15H25N3. The van der Waals surface area contributed by atoms with Crippen molar-refractivity contribution < 1.29 is 0 Å². The molecule has 100 valence electrons. The van der Waals surface area contributed by atoms with Crippen LogP contribution in [-0.2, 0) is 6.54 Å². The number of nitrogens with zero attached hydrogens (tertiary/aromatic N) is 2. The molecule has 0 amide bonds. The molecule has 1 aromatic heterocycles. The van der Waals surface area contributed by atoms with E-state index >= 15 is 0 Å². The van der Waals surface area contributed by atoms with Gasteiger partial charge in [0.05, 0.1) is 0 Å². The maximum absolute atomic E-state index is 4.19. The first kappa shape index (κ1) is 13.5. The molecule has 0 aromatic carbocycles. The van der Waals surface area contributed by atoms with Crippen LogP contribution < -0.4 is 5.32 Å². The molecule has 3 nitrogen and oxygen atoms in total. The zero-order valence-electron chi connectivity index (χ0n) is 12.0. The highest BCUT2D eigenvalue weighted by Gasteiger charge is 2.42. The summed E-state index contributed by atoms with van der Waals surface area (Å²) in [4.78, 5) is 6.66. The Morgan fingerprint density at radius 1 is 1.50 bits per heavy atom. The summed E-state index contributed by atoms with van der Waals surface area (Å²) in [6.07, 6.45) is 6.36. The minimum atomic E-state index is 0.391. The number of hydrogen-bond donors (Lipinski definition) is 1. The normalized spacial score (nSPS) is 26.7. The van der Waals surface area contributed by atoms with Crippen molar-refractivity contribution in [2.75, 3.05) is 14.1 Å². The van der Waals surface area contributed by atoms with Gasteiger partial charge in [-0.2, -0.15) is 0 Å². The van der Waals surface area contributed by atoms with Crippen molar-refractivity contribution >= 4 is 0 Å². The molecule has 3 heteroatoms. The van der Waals surface area contributed by atoms with Crippen molar-refractivity contribution in [3.8, 4) is 0 Å². The van der Waals surface area contributed by atoms with Gasteiger partial charge in [0.1, 0.15) is 0 Å². The molecule has 1 saturated carbocycles. The molecule has 0 spiro atoms. The summed E-state index contributed by atoms with van der Waals surface area (Å²) in [5, 5.41) is 3.51. The molecule has 2 rings (SSSR count). The van der Waals surface area contributed by atoms with Crippen molar-refractivity contribution in [1.82, 2.24) is 15.2 Å². The molecule has 1 aliphatic carbocycles. The zero-order valence-corrected chi connectivity index (χ0v) is 12.0. The third kappa shape index (κ3) is 2.73. The van der Waals surface area contributed by atoms with Crippen LogP contribution in [0.15, 0.2) is 24.5 Å². The SMILES string of the molecule is CNC1C(N(C)Cc2cccnc2)CCC1(C)C. The molecule has 1 aromatic rings. The molecule has 2 atom stereocenters. The van der Waals surface area contributed by atoms with Gasteiger partial charge in [-0.3, -0.25) is 9.88 Å². The first-order valence-corrected chi connectivity index (χ1v) is 6.81. The van der Waals surface area contributed by atoms with Crippen LogP contribution in [0.4, 0.5) is 0 Å². The minimum Gasteiger partial charge on any atom is -0.315 e. The van der Waals surface area contributed by atoms with E-state index < -0.39 is 0 Å². The Kier molecular flexibility index (Phi) is 4.03. The molecule has 1 fully saturated rings. The van der Waals surface area contributed by atoms with Gasteiger partial charge >= 0.3 is 0 Å². The summed E-state index contributed by atoms with van der Waals surface area (Å²) < 4.78 is 0. The van der Waals surface area contributed by atoms with Gasteiger partial charge in [-0.1, -0.05) is 19.9 Å². The van der Waals surface area contributed by atoms with Crippen LogP contribution in [-0.4, -0.2) is 36.1 Å². The van der Waals surface area contributed by atoms with E-state index in [4.69, 9.17) is 0 Å². The standard InChI is InChI=1S/C15H25N3/c1-15(2)8-7-13(14(15)16-3)18(4)11-12-6-5-9-17-10-12/h5-6,9-10,13-14,16H,7-8,11H2,1-4H3. The third-order valence-electron chi connectivity index (χ3n) is 4.34. The number of nitrogens with one attached hydrogen (secondary N) is 1. The van der Waals surface area contributed by atoms with Gasteiger partial charge in [-0.05, 0) is 44.0 Å². The second-order valence-corrected chi connectivity index (χ2v) is 6.14. The Morgan fingerprint density at radius 3 is 2.89 bits per heavy atom. The Morgan fingerprint density at radius 2 is 2.28 bits per heavy atom. The van der Waals surface area contributed by atoms with Crippen molar-refractivity contribution in [2.45, 2.75) is 45.3 Å². The van der Waals surface area contributed by atoms with Gasteiger partial charge in [0.15, 0.2) is 0 Å². The van der Waals surface area contributed by atoms with Gasteiger partial charge < -0.3 is 5.32 Å². The van der Waals surface area contributed by atoms with Gasteiger partial charge in [-0.25, -0.2) is 0 Å².